The first-order valence-electron chi connectivity index (χ1n) is 6.47. The molecular weight excluding hydrogens is 222 g/mol. The number of nitrogens with zero attached hydrogens (tertiary/aromatic N) is 1. The average Bonchev–Trinajstić information content (AvgIpc) is 2.89. The first-order valence-corrected chi connectivity index (χ1v) is 6.47. The molecule has 0 bridgehead atoms. The Kier molecular flexibility index (Phi) is 2.91. The van der Waals surface area contributed by atoms with E-state index in [1.54, 1.807) is 0 Å². The molecule has 3 saturated heterocycles. The van der Waals surface area contributed by atoms with E-state index in [0.717, 1.165) is 19.6 Å². The van der Waals surface area contributed by atoms with Crippen LogP contribution in [0.2, 0.25) is 0 Å². The molecule has 4 atom stereocenters. The highest BCUT2D eigenvalue weighted by atomic mass is 16.8. The van der Waals surface area contributed by atoms with Gasteiger partial charge in [0.2, 0.25) is 0 Å². The third kappa shape index (κ3) is 2.22. The second-order valence-electron chi connectivity index (χ2n) is 5.64. The molecule has 0 amide bonds. The lowest BCUT2D eigenvalue weighted by Crippen LogP contribution is -2.40. The van der Waals surface area contributed by atoms with Gasteiger partial charge in [-0.05, 0) is 39.8 Å². The summed E-state index contributed by atoms with van der Waals surface area (Å²) in [7, 11) is 0. The normalized spacial score (nSPS) is 45.4. The van der Waals surface area contributed by atoms with E-state index in [4.69, 9.17) is 14.2 Å². The Morgan fingerprint density at radius 3 is 2.59 bits per heavy atom. The summed E-state index contributed by atoms with van der Waals surface area (Å²) in [5.41, 5.74) is 0. The van der Waals surface area contributed by atoms with E-state index < -0.39 is 18.2 Å². The van der Waals surface area contributed by atoms with Crippen LogP contribution in [-0.4, -0.2) is 60.0 Å². The molecular formula is C12H21NO4. The summed E-state index contributed by atoms with van der Waals surface area (Å²) in [5, 5.41) is 10.2. The maximum atomic E-state index is 10.2. The highest BCUT2D eigenvalue weighted by molar-refractivity contribution is 4.94. The van der Waals surface area contributed by atoms with E-state index in [1.165, 1.54) is 12.8 Å². The molecule has 0 aromatic heterocycles. The molecule has 0 radical (unpaired) electrons. The maximum Gasteiger partial charge on any atom is 0.190 e. The molecule has 5 heteroatoms. The summed E-state index contributed by atoms with van der Waals surface area (Å²) in [5.74, 6) is -0.644. The van der Waals surface area contributed by atoms with Crippen LogP contribution >= 0.6 is 0 Å². The van der Waals surface area contributed by atoms with Gasteiger partial charge in [0.1, 0.15) is 18.3 Å². The topological polar surface area (TPSA) is 51.2 Å². The van der Waals surface area contributed by atoms with Crippen LogP contribution in [0.4, 0.5) is 0 Å². The maximum absolute atomic E-state index is 10.2. The zero-order chi connectivity index (χ0) is 12.0. The second kappa shape index (κ2) is 4.17. The monoisotopic (exact) mass is 243 g/mol. The number of fused-ring (bicyclic) bond motifs is 1. The molecule has 3 rings (SSSR count). The van der Waals surface area contributed by atoms with Gasteiger partial charge in [0.05, 0.1) is 0 Å². The number of likely N-dealkylation sites (tertiary alicyclic amines) is 1. The van der Waals surface area contributed by atoms with Crippen molar-refractivity contribution >= 4 is 0 Å². The van der Waals surface area contributed by atoms with Gasteiger partial charge in [0, 0.05) is 6.54 Å². The largest absolute Gasteiger partial charge is 0.387 e. The molecule has 0 unspecified atom stereocenters. The molecule has 0 aromatic carbocycles. The molecule has 0 aromatic rings. The molecule has 1 N–H and O–H groups in total. The molecule has 98 valence electrons. The van der Waals surface area contributed by atoms with Crippen molar-refractivity contribution in [3.8, 4) is 0 Å². The minimum atomic E-state index is -0.644. The fourth-order valence-electron chi connectivity index (χ4n) is 2.93. The highest BCUT2D eigenvalue weighted by Gasteiger charge is 2.54. The number of aliphatic hydroxyl groups excluding tert-OH is 1. The van der Waals surface area contributed by atoms with E-state index in [0.29, 0.717) is 0 Å². The van der Waals surface area contributed by atoms with Crippen LogP contribution in [0.15, 0.2) is 0 Å². The van der Waals surface area contributed by atoms with Gasteiger partial charge in [-0.15, -0.1) is 0 Å². The van der Waals surface area contributed by atoms with Crippen molar-refractivity contribution in [2.45, 2.75) is 57.1 Å². The summed E-state index contributed by atoms with van der Waals surface area (Å²) in [4.78, 5) is 2.33. The van der Waals surface area contributed by atoms with E-state index in [1.807, 2.05) is 13.8 Å². The number of aliphatic hydroxyl groups is 1. The quantitative estimate of drug-likeness (QED) is 0.757. The van der Waals surface area contributed by atoms with Gasteiger partial charge in [-0.1, -0.05) is 0 Å². The summed E-state index contributed by atoms with van der Waals surface area (Å²) in [6.45, 7) is 6.68. The molecule has 3 aliphatic rings. The number of hydrogen-bond acceptors (Lipinski definition) is 5. The fraction of sp³-hybridized carbons (Fsp3) is 1.00. The molecule has 0 spiro atoms. The van der Waals surface area contributed by atoms with E-state index in [-0.39, 0.29) is 12.2 Å². The third-order valence-electron chi connectivity index (χ3n) is 3.75. The third-order valence-corrected chi connectivity index (χ3v) is 3.75. The van der Waals surface area contributed by atoms with Crippen molar-refractivity contribution in [1.82, 2.24) is 4.90 Å². The molecule has 0 saturated carbocycles. The predicted molar refractivity (Wildman–Crippen MR) is 60.4 cm³/mol. The van der Waals surface area contributed by atoms with Gasteiger partial charge in [0.15, 0.2) is 12.1 Å². The Bertz CT molecular complexity index is 290. The number of hydrogen-bond donors (Lipinski definition) is 1. The van der Waals surface area contributed by atoms with Crippen LogP contribution in [0.3, 0.4) is 0 Å². The van der Waals surface area contributed by atoms with Crippen LogP contribution in [0.1, 0.15) is 26.7 Å². The van der Waals surface area contributed by atoms with Crippen molar-refractivity contribution in [2.24, 2.45) is 0 Å². The summed E-state index contributed by atoms with van der Waals surface area (Å²) >= 11 is 0. The van der Waals surface area contributed by atoms with Gasteiger partial charge < -0.3 is 24.2 Å². The van der Waals surface area contributed by atoms with Gasteiger partial charge >= 0.3 is 0 Å². The predicted octanol–water partition coefficient (Wildman–Crippen LogP) is 0.319. The minimum absolute atomic E-state index is 0.181. The SMILES string of the molecule is CC1(C)O[C@H]2O[C@H](CN3CCCC3)[C@H](O)[C@H]2O1. The van der Waals surface area contributed by atoms with Crippen LogP contribution in [0, 0.1) is 0 Å². The van der Waals surface area contributed by atoms with Crippen LogP contribution in [-0.2, 0) is 14.2 Å². The smallest absolute Gasteiger partial charge is 0.190 e. The summed E-state index contributed by atoms with van der Waals surface area (Å²) in [6, 6.07) is 0. The van der Waals surface area contributed by atoms with Gasteiger partial charge in [-0.25, -0.2) is 0 Å². The fourth-order valence-corrected chi connectivity index (χ4v) is 2.93. The van der Waals surface area contributed by atoms with Crippen molar-refractivity contribution in [2.75, 3.05) is 19.6 Å². The molecule has 3 heterocycles. The van der Waals surface area contributed by atoms with Gasteiger partial charge in [-0.3, -0.25) is 0 Å². The van der Waals surface area contributed by atoms with Crippen molar-refractivity contribution in [3.63, 3.8) is 0 Å². The Morgan fingerprint density at radius 1 is 1.24 bits per heavy atom. The Morgan fingerprint density at radius 2 is 1.94 bits per heavy atom. The lowest BCUT2D eigenvalue weighted by Gasteiger charge is -2.25. The zero-order valence-corrected chi connectivity index (χ0v) is 10.5. The van der Waals surface area contributed by atoms with Crippen molar-refractivity contribution in [1.29, 1.82) is 0 Å². The Hall–Kier alpha value is -0.200. The first kappa shape index (κ1) is 11.9. The Labute approximate surface area is 102 Å². The van der Waals surface area contributed by atoms with Crippen LogP contribution in [0.25, 0.3) is 0 Å². The standard InChI is InChI=1S/C12H21NO4/c1-12(2)16-10-9(14)8(15-11(10)17-12)7-13-5-3-4-6-13/h8-11,14H,3-7H2,1-2H3/t8-,9+,10-,11-/m1/s1. The van der Waals surface area contributed by atoms with Crippen LogP contribution in [0.5, 0.6) is 0 Å². The Balaban J connectivity index is 1.60. The molecule has 0 aliphatic carbocycles. The zero-order valence-electron chi connectivity index (χ0n) is 10.5. The second-order valence-corrected chi connectivity index (χ2v) is 5.64. The molecule has 3 fully saturated rings. The average molecular weight is 243 g/mol. The molecule has 3 aliphatic heterocycles. The summed E-state index contributed by atoms with van der Waals surface area (Å²) < 4.78 is 17.0. The summed E-state index contributed by atoms with van der Waals surface area (Å²) in [6.07, 6.45) is 0.984. The molecule has 5 nitrogen and oxygen atoms in total. The lowest BCUT2D eigenvalue weighted by atomic mass is 10.1. The van der Waals surface area contributed by atoms with E-state index in [2.05, 4.69) is 4.90 Å². The van der Waals surface area contributed by atoms with Crippen molar-refractivity contribution < 1.29 is 19.3 Å². The van der Waals surface area contributed by atoms with E-state index in [9.17, 15) is 5.11 Å². The first-order chi connectivity index (χ1) is 8.05. The van der Waals surface area contributed by atoms with E-state index >= 15 is 0 Å². The highest BCUT2D eigenvalue weighted by Crippen LogP contribution is 2.37. The lowest BCUT2D eigenvalue weighted by molar-refractivity contribution is -0.216. The number of ether oxygens (including phenoxy) is 3. The van der Waals surface area contributed by atoms with Crippen molar-refractivity contribution in [3.05, 3.63) is 0 Å². The minimum Gasteiger partial charge on any atom is -0.387 e. The van der Waals surface area contributed by atoms with Gasteiger partial charge in [-0.2, -0.15) is 0 Å². The van der Waals surface area contributed by atoms with Gasteiger partial charge in [0.25, 0.3) is 0 Å². The number of rotatable bonds is 2. The van der Waals surface area contributed by atoms with Crippen LogP contribution < -0.4 is 0 Å². The molecule has 17 heavy (non-hydrogen) atoms.